The van der Waals surface area contributed by atoms with E-state index in [0.29, 0.717) is 16.3 Å². The van der Waals surface area contributed by atoms with Crippen LogP contribution in [0.25, 0.3) is 0 Å². The lowest BCUT2D eigenvalue weighted by Crippen LogP contribution is -2.36. The number of nitrogens with zero attached hydrogens (tertiary/aromatic N) is 1. The van der Waals surface area contributed by atoms with Crippen molar-refractivity contribution in [2.45, 2.75) is 25.7 Å². The number of hydrogen-bond donors (Lipinski definition) is 2. The van der Waals surface area contributed by atoms with Crippen LogP contribution in [0, 0.1) is 0 Å². The maximum atomic E-state index is 12.3. The van der Waals surface area contributed by atoms with Crippen molar-refractivity contribution in [2.24, 2.45) is 0 Å². The van der Waals surface area contributed by atoms with Gasteiger partial charge in [-0.25, -0.2) is 0 Å². The summed E-state index contributed by atoms with van der Waals surface area (Å²) < 4.78 is 0. The summed E-state index contributed by atoms with van der Waals surface area (Å²) in [5.41, 5.74) is 1.11. The molecule has 6 heteroatoms. The molecule has 0 aliphatic carbocycles. The smallest absolute Gasteiger partial charge is 0.251 e. The zero-order valence-corrected chi connectivity index (χ0v) is 13.6. The van der Waals surface area contributed by atoms with E-state index in [4.69, 9.17) is 11.6 Å². The monoisotopic (exact) mass is 323 g/mol. The second-order valence-corrected chi connectivity index (χ2v) is 5.83. The van der Waals surface area contributed by atoms with Crippen LogP contribution >= 0.6 is 11.6 Å². The van der Waals surface area contributed by atoms with E-state index in [1.54, 1.807) is 25.2 Å². The van der Waals surface area contributed by atoms with Crippen molar-refractivity contribution in [2.75, 3.05) is 32.0 Å². The average Bonchev–Trinajstić information content (AvgIpc) is 2.82. The van der Waals surface area contributed by atoms with Crippen LogP contribution < -0.4 is 10.6 Å². The molecule has 0 radical (unpaired) electrons. The number of halogens is 1. The van der Waals surface area contributed by atoms with Gasteiger partial charge in [-0.3, -0.25) is 9.59 Å². The molecule has 1 aromatic carbocycles. The van der Waals surface area contributed by atoms with Crippen molar-refractivity contribution in [1.82, 2.24) is 10.2 Å². The minimum absolute atomic E-state index is 0.0725. The van der Waals surface area contributed by atoms with Gasteiger partial charge in [0.1, 0.15) is 0 Å². The highest BCUT2D eigenvalue weighted by molar-refractivity contribution is 6.33. The van der Waals surface area contributed by atoms with Gasteiger partial charge in [0.15, 0.2) is 0 Å². The molecule has 120 valence electrons. The first-order valence-electron chi connectivity index (χ1n) is 7.65. The summed E-state index contributed by atoms with van der Waals surface area (Å²) in [5, 5.41) is 6.11. The highest BCUT2D eigenvalue weighted by atomic mass is 35.5. The first-order valence-corrected chi connectivity index (χ1v) is 8.03. The lowest BCUT2D eigenvalue weighted by Gasteiger charge is -2.21. The fourth-order valence-electron chi connectivity index (χ4n) is 2.55. The number of amides is 2. The first-order chi connectivity index (χ1) is 10.6. The average molecular weight is 324 g/mol. The normalized spacial score (nSPS) is 15.1. The molecular formula is C16H22ClN3O2. The topological polar surface area (TPSA) is 61.4 Å². The number of likely N-dealkylation sites (tertiary alicyclic amines) is 1. The molecule has 2 N–H and O–H groups in total. The molecule has 0 atom stereocenters. The molecule has 1 aliphatic rings. The first kappa shape index (κ1) is 16.6. The largest absolute Gasteiger partial charge is 0.375 e. The van der Waals surface area contributed by atoms with Gasteiger partial charge < -0.3 is 15.5 Å². The van der Waals surface area contributed by atoms with Gasteiger partial charge >= 0.3 is 0 Å². The second-order valence-electron chi connectivity index (χ2n) is 5.42. The lowest BCUT2D eigenvalue weighted by molar-refractivity contribution is -0.129. The molecule has 1 saturated heterocycles. The highest BCUT2D eigenvalue weighted by Crippen LogP contribution is 2.23. The molecule has 0 aromatic heterocycles. The number of rotatable bonds is 4. The molecule has 1 aromatic rings. The third kappa shape index (κ3) is 4.37. The van der Waals surface area contributed by atoms with Crippen molar-refractivity contribution in [1.29, 1.82) is 0 Å². The van der Waals surface area contributed by atoms with Gasteiger partial charge in [0.2, 0.25) is 5.91 Å². The third-order valence-corrected chi connectivity index (χ3v) is 4.17. The number of benzene rings is 1. The quantitative estimate of drug-likeness (QED) is 0.895. The van der Waals surface area contributed by atoms with Crippen molar-refractivity contribution < 1.29 is 9.59 Å². The molecule has 0 unspecified atom stereocenters. The number of carbonyl (C=O) groups is 2. The summed E-state index contributed by atoms with van der Waals surface area (Å²) in [6.45, 7) is 1.84. The Morgan fingerprint density at radius 1 is 1.18 bits per heavy atom. The molecule has 0 bridgehead atoms. The van der Waals surface area contributed by atoms with Crippen molar-refractivity contribution >= 4 is 29.1 Å². The molecule has 0 saturated carbocycles. The van der Waals surface area contributed by atoms with Crippen LogP contribution in [0.15, 0.2) is 18.2 Å². The molecule has 5 nitrogen and oxygen atoms in total. The molecule has 0 spiro atoms. The van der Waals surface area contributed by atoms with Crippen molar-refractivity contribution in [3.63, 3.8) is 0 Å². The Bertz CT molecular complexity index is 540. The van der Waals surface area contributed by atoms with Gasteiger partial charge in [0.25, 0.3) is 5.91 Å². The van der Waals surface area contributed by atoms with Gasteiger partial charge in [-0.2, -0.15) is 0 Å². The van der Waals surface area contributed by atoms with Crippen LogP contribution in [0.1, 0.15) is 36.0 Å². The van der Waals surface area contributed by atoms with Crippen LogP contribution in [0.2, 0.25) is 5.02 Å². The van der Waals surface area contributed by atoms with Crippen LogP contribution in [0.4, 0.5) is 5.69 Å². The third-order valence-electron chi connectivity index (χ3n) is 3.84. The Kier molecular flexibility index (Phi) is 6.07. The fourth-order valence-corrected chi connectivity index (χ4v) is 2.73. The number of carbonyl (C=O) groups excluding carboxylic acids is 2. The summed E-state index contributed by atoms with van der Waals surface area (Å²) in [6, 6.07) is 4.98. The van der Waals surface area contributed by atoms with Gasteiger partial charge in [-0.15, -0.1) is 0 Å². The van der Waals surface area contributed by atoms with Crippen LogP contribution in [-0.4, -0.2) is 43.4 Å². The van der Waals surface area contributed by atoms with Gasteiger partial charge in [-0.05, 0) is 31.0 Å². The standard InChI is InChI=1S/C16H22ClN3O2/c1-18-16(22)12-6-7-13(17)14(10-12)19-11-15(21)20-8-4-2-3-5-9-20/h6-7,10,19H,2-5,8-9,11H2,1H3,(H,18,22). The van der Waals surface area contributed by atoms with Crippen LogP contribution in [0.5, 0.6) is 0 Å². The summed E-state index contributed by atoms with van der Waals surface area (Å²) in [6.07, 6.45) is 4.52. The van der Waals surface area contributed by atoms with Crippen molar-refractivity contribution in [3.05, 3.63) is 28.8 Å². The van der Waals surface area contributed by atoms with E-state index in [-0.39, 0.29) is 18.4 Å². The molecule has 1 heterocycles. The Morgan fingerprint density at radius 3 is 2.50 bits per heavy atom. The Morgan fingerprint density at radius 2 is 1.86 bits per heavy atom. The van der Waals surface area contributed by atoms with E-state index in [1.165, 1.54) is 12.8 Å². The maximum absolute atomic E-state index is 12.3. The summed E-state index contributed by atoms with van der Waals surface area (Å²) in [5.74, 6) is -0.109. The molecule has 22 heavy (non-hydrogen) atoms. The Hall–Kier alpha value is -1.75. The van der Waals surface area contributed by atoms with E-state index in [0.717, 1.165) is 25.9 Å². The van der Waals surface area contributed by atoms with Gasteiger partial charge in [-0.1, -0.05) is 24.4 Å². The molecular weight excluding hydrogens is 302 g/mol. The summed E-state index contributed by atoms with van der Waals surface area (Å²) >= 11 is 6.12. The van der Waals surface area contributed by atoms with Gasteiger partial charge in [0.05, 0.1) is 17.3 Å². The maximum Gasteiger partial charge on any atom is 0.251 e. The number of nitrogens with one attached hydrogen (secondary N) is 2. The zero-order valence-electron chi connectivity index (χ0n) is 12.8. The second kappa shape index (κ2) is 8.03. The van der Waals surface area contributed by atoms with E-state index in [2.05, 4.69) is 10.6 Å². The molecule has 1 fully saturated rings. The van der Waals surface area contributed by atoms with Crippen LogP contribution in [-0.2, 0) is 4.79 Å². The minimum atomic E-state index is -0.182. The van der Waals surface area contributed by atoms with E-state index >= 15 is 0 Å². The molecule has 2 rings (SSSR count). The number of anilines is 1. The summed E-state index contributed by atoms with van der Waals surface area (Å²) in [7, 11) is 1.58. The number of hydrogen-bond acceptors (Lipinski definition) is 3. The van der Waals surface area contributed by atoms with E-state index < -0.39 is 0 Å². The van der Waals surface area contributed by atoms with E-state index in [1.807, 2.05) is 4.90 Å². The Balaban J connectivity index is 1.98. The minimum Gasteiger partial charge on any atom is -0.375 e. The van der Waals surface area contributed by atoms with Gasteiger partial charge in [0, 0.05) is 25.7 Å². The zero-order chi connectivity index (χ0) is 15.9. The fraction of sp³-hybridized carbons (Fsp3) is 0.500. The van der Waals surface area contributed by atoms with E-state index in [9.17, 15) is 9.59 Å². The Labute approximate surface area is 136 Å². The highest BCUT2D eigenvalue weighted by Gasteiger charge is 2.16. The SMILES string of the molecule is CNC(=O)c1ccc(Cl)c(NCC(=O)N2CCCCCC2)c1. The predicted molar refractivity (Wildman–Crippen MR) is 88.4 cm³/mol. The van der Waals surface area contributed by atoms with Crippen molar-refractivity contribution in [3.8, 4) is 0 Å². The predicted octanol–water partition coefficient (Wildman–Crippen LogP) is 2.51. The van der Waals surface area contributed by atoms with Crippen LogP contribution in [0.3, 0.4) is 0 Å². The lowest BCUT2D eigenvalue weighted by atomic mass is 10.2. The molecule has 1 aliphatic heterocycles. The summed E-state index contributed by atoms with van der Waals surface area (Å²) in [4.78, 5) is 25.8. The molecule has 2 amide bonds.